The number of carbonyl (C=O) groups excluding carboxylic acids is 2. The largest absolute Gasteiger partial charge is 0.342 e. The Labute approximate surface area is 115 Å². The Balaban J connectivity index is 2.08. The van der Waals surface area contributed by atoms with E-state index in [1.165, 1.54) is 12.8 Å². The molecule has 0 aromatic carbocycles. The minimum atomic E-state index is -0.325. The van der Waals surface area contributed by atoms with Crippen LogP contribution in [0.25, 0.3) is 0 Å². The summed E-state index contributed by atoms with van der Waals surface area (Å²) in [6.07, 6.45) is 3.27. The second-order valence-corrected chi connectivity index (χ2v) is 6.64. The van der Waals surface area contributed by atoms with Crippen molar-refractivity contribution in [1.82, 2.24) is 10.2 Å². The van der Waals surface area contributed by atoms with Gasteiger partial charge in [-0.05, 0) is 30.1 Å². The summed E-state index contributed by atoms with van der Waals surface area (Å²) in [5, 5.41) is 2.85. The van der Waals surface area contributed by atoms with Crippen molar-refractivity contribution in [3.63, 3.8) is 0 Å². The van der Waals surface area contributed by atoms with Crippen molar-refractivity contribution in [2.24, 2.45) is 17.3 Å². The second-order valence-electron chi connectivity index (χ2n) is 6.64. The molecule has 0 spiro atoms. The Bertz CT molecular complexity index is 374. The maximum absolute atomic E-state index is 12.5. The SMILES string of the molecule is CCC(C)C1NC(=O)CN(CC2(C(C)C)CC2)C1=O. The van der Waals surface area contributed by atoms with Crippen LogP contribution in [0.5, 0.6) is 0 Å². The van der Waals surface area contributed by atoms with Gasteiger partial charge in [0.25, 0.3) is 0 Å². The van der Waals surface area contributed by atoms with Crippen LogP contribution in [0.4, 0.5) is 0 Å². The third-order valence-electron chi connectivity index (χ3n) is 5.06. The van der Waals surface area contributed by atoms with Gasteiger partial charge in [0.1, 0.15) is 6.04 Å². The highest BCUT2D eigenvalue weighted by Crippen LogP contribution is 2.52. The van der Waals surface area contributed by atoms with Gasteiger partial charge in [-0.25, -0.2) is 0 Å². The summed E-state index contributed by atoms with van der Waals surface area (Å²) in [6, 6.07) is -0.325. The van der Waals surface area contributed by atoms with E-state index in [1.807, 2.05) is 6.92 Å². The maximum Gasteiger partial charge on any atom is 0.245 e. The molecule has 0 radical (unpaired) electrons. The lowest BCUT2D eigenvalue weighted by Crippen LogP contribution is -2.61. The van der Waals surface area contributed by atoms with Crippen LogP contribution >= 0.6 is 0 Å². The third-order valence-corrected chi connectivity index (χ3v) is 5.06. The van der Waals surface area contributed by atoms with Gasteiger partial charge in [0, 0.05) is 6.54 Å². The van der Waals surface area contributed by atoms with Crippen molar-refractivity contribution in [3.05, 3.63) is 0 Å². The molecule has 2 fully saturated rings. The van der Waals surface area contributed by atoms with Crippen LogP contribution in [-0.4, -0.2) is 35.8 Å². The van der Waals surface area contributed by atoms with Crippen molar-refractivity contribution in [3.8, 4) is 0 Å². The molecule has 1 saturated carbocycles. The van der Waals surface area contributed by atoms with Gasteiger partial charge >= 0.3 is 0 Å². The average Bonchev–Trinajstić information content (AvgIpc) is 3.13. The summed E-state index contributed by atoms with van der Waals surface area (Å²) in [5.41, 5.74) is 0.271. The minimum Gasteiger partial charge on any atom is -0.342 e. The number of rotatable bonds is 5. The first kappa shape index (κ1) is 14.4. The van der Waals surface area contributed by atoms with Crippen LogP contribution in [0.3, 0.4) is 0 Å². The van der Waals surface area contributed by atoms with E-state index in [0.29, 0.717) is 5.92 Å². The summed E-state index contributed by atoms with van der Waals surface area (Å²) >= 11 is 0. The number of nitrogens with one attached hydrogen (secondary N) is 1. The normalized spacial score (nSPS) is 27.4. The van der Waals surface area contributed by atoms with Gasteiger partial charge in [0.2, 0.25) is 11.8 Å². The van der Waals surface area contributed by atoms with Crippen LogP contribution in [0.1, 0.15) is 47.0 Å². The van der Waals surface area contributed by atoms with Gasteiger partial charge < -0.3 is 10.2 Å². The number of amides is 2. The Hall–Kier alpha value is -1.06. The zero-order valence-electron chi connectivity index (χ0n) is 12.5. The van der Waals surface area contributed by atoms with E-state index in [2.05, 4.69) is 26.1 Å². The maximum atomic E-state index is 12.5. The number of hydrogen-bond acceptors (Lipinski definition) is 2. The average molecular weight is 266 g/mol. The Kier molecular flexibility index (Phi) is 3.88. The molecular formula is C15H26N2O2. The smallest absolute Gasteiger partial charge is 0.245 e. The van der Waals surface area contributed by atoms with Crippen LogP contribution in [0.15, 0.2) is 0 Å². The molecule has 4 nitrogen and oxygen atoms in total. The van der Waals surface area contributed by atoms with Gasteiger partial charge in [-0.2, -0.15) is 0 Å². The lowest BCUT2D eigenvalue weighted by Gasteiger charge is -2.38. The molecule has 0 aromatic heterocycles. The third kappa shape index (κ3) is 2.77. The van der Waals surface area contributed by atoms with Crippen molar-refractivity contribution >= 4 is 11.8 Å². The first-order chi connectivity index (χ1) is 8.89. The molecule has 2 aliphatic rings. The number of carbonyl (C=O) groups is 2. The summed E-state index contributed by atoms with van der Waals surface area (Å²) in [4.78, 5) is 26.1. The van der Waals surface area contributed by atoms with Crippen molar-refractivity contribution in [2.45, 2.75) is 53.0 Å². The second kappa shape index (κ2) is 5.14. The number of hydrogen-bond donors (Lipinski definition) is 1. The van der Waals surface area contributed by atoms with Crippen LogP contribution in [0, 0.1) is 17.3 Å². The van der Waals surface area contributed by atoms with Gasteiger partial charge in [-0.15, -0.1) is 0 Å². The quantitative estimate of drug-likeness (QED) is 0.825. The van der Waals surface area contributed by atoms with Gasteiger partial charge in [-0.1, -0.05) is 34.1 Å². The summed E-state index contributed by atoms with van der Waals surface area (Å²) < 4.78 is 0. The predicted molar refractivity (Wildman–Crippen MR) is 74.5 cm³/mol. The van der Waals surface area contributed by atoms with E-state index in [-0.39, 0.29) is 35.7 Å². The van der Waals surface area contributed by atoms with Crippen molar-refractivity contribution in [2.75, 3.05) is 13.1 Å². The van der Waals surface area contributed by atoms with Crippen molar-refractivity contribution in [1.29, 1.82) is 0 Å². The Morgan fingerprint density at radius 2 is 1.95 bits per heavy atom. The van der Waals surface area contributed by atoms with E-state index in [9.17, 15) is 9.59 Å². The standard InChI is InChI=1S/C15H26N2O2/c1-5-11(4)13-14(19)17(8-12(18)16-13)9-15(6-7-15)10(2)3/h10-11,13H,5-9H2,1-4H3,(H,16,18). The molecule has 4 heteroatoms. The van der Waals surface area contributed by atoms with Crippen LogP contribution in [-0.2, 0) is 9.59 Å². The van der Waals surface area contributed by atoms with Gasteiger partial charge in [0.15, 0.2) is 0 Å². The van der Waals surface area contributed by atoms with E-state index in [1.54, 1.807) is 4.90 Å². The highest BCUT2D eigenvalue weighted by atomic mass is 16.2. The van der Waals surface area contributed by atoms with E-state index >= 15 is 0 Å². The molecule has 19 heavy (non-hydrogen) atoms. The molecular weight excluding hydrogens is 240 g/mol. The van der Waals surface area contributed by atoms with E-state index in [4.69, 9.17) is 0 Å². The fraction of sp³-hybridized carbons (Fsp3) is 0.867. The predicted octanol–water partition coefficient (Wildman–Crippen LogP) is 1.80. The lowest BCUT2D eigenvalue weighted by molar-refractivity contribution is -0.146. The molecule has 2 amide bonds. The Morgan fingerprint density at radius 1 is 1.32 bits per heavy atom. The summed E-state index contributed by atoms with van der Waals surface area (Å²) in [6.45, 7) is 9.51. The highest BCUT2D eigenvalue weighted by molar-refractivity contribution is 5.95. The molecule has 2 unspecified atom stereocenters. The Morgan fingerprint density at radius 3 is 2.42 bits per heavy atom. The van der Waals surface area contributed by atoms with E-state index < -0.39 is 0 Å². The van der Waals surface area contributed by atoms with E-state index in [0.717, 1.165) is 13.0 Å². The number of nitrogens with zero attached hydrogens (tertiary/aromatic N) is 1. The van der Waals surface area contributed by atoms with Crippen LogP contribution < -0.4 is 5.32 Å². The molecule has 108 valence electrons. The van der Waals surface area contributed by atoms with Crippen molar-refractivity contribution < 1.29 is 9.59 Å². The van der Waals surface area contributed by atoms with Crippen LogP contribution in [0.2, 0.25) is 0 Å². The first-order valence-electron chi connectivity index (χ1n) is 7.48. The molecule has 0 bridgehead atoms. The molecule has 0 aromatic rings. The minimum absolute atomic E-state index is 0.00976. The fourth-order valence-electron chi connectivity index (χ4n) is 2.94. The topological polar surface area (TPSA) is 49.4 Å². The molecule has 1 heterocycles. The summed E-state index contributed by atoms with van der Waals surface area (Å²) in [7, 11) is 0. The first-order valence-corrected chi connectivity index (χ1v) is 7.48. The lowest BCUT2D eigenvalue weighted by atomic mass is 9.90. The zero-order chi connectivity index (χ0) is 14.2. The fourth-order valence-corrected chi connectivity index (χ4v) is 2.94. The van der Waals surface area contributed by atoms with Gasteiger partial charge in [-0.3, -0.25) is 9.59 Å². The molecule has 1 N–H and O–H groups in total. The molecule has 2 atom stereocenters. The molecule has 2 rings (SSSR count). The molecule has 1 saturated heterocycles. The number of piperazine rings is 1. The zero-order valence-corrected chi connectivity index (χ0v) is 12.5. The monoisotopic (exact) mass is 266 g/mol. The highest BCUT2D eigenvalue weighted by Gasteiger charge is 2.49. The molecule has 1 aliphatic carbocycles. The summed E-state index contributed by atoms with van der Waals surface area (Å²) in [5.74, 6) is 0.881. The van der Waals surface area contributed by atoms with Gasteiger partial charge in [0.05, 0.1) is 6.54 Å². The molecule has 1 aliphatic heterocycles.